The van der Waals surface area contributed by atoms with Gasteiger partial charge in [-0.05, 0) is 25.1 Å². The number of morpholine rings is 1. The van der Waals surface area contributed by atoms with E-state index in [1.807, 2.05) is 37.4 Å². The molecule has 2 N–H and O–H groups in total. The second-order valence-electron chi connectivity index (χ2n) is 7.63. The number of anilines is 1. The van der Waals surface area contributed by atoms with Crippen LogP contribution in [0.25, 0.3) is 28.1 Å². The van der Waals surface area contributed by atoms with Crippen LogP contribution in [0.5, 0.6) is 0 Å². The van der Waals surface area contributed by atoms with Crippen LogP contribution in [-0.4, -0.2) is 74.8 Å². The van der Waals surface area contributed by atoms with Gasteiger partial charge in [0.15, 0.2) is 11.6 Å². The molecule has 1 saturated heterocycles. The number of H-pyrrole nitrogens is 1. The lowest BCUT2D eigenvalue weighted by Gasteiger charge is -2.28. The summed E-state index contributed by atoms with van der Waals surface area (Å²) in [4.78, 5) is 19.2. The Morgan fingerprint density at radius 2 is 2.03 bits per heavy atom. The topological polar surface area (TPSA) is 114 Å². The molecular formula is C22H25N7O3. The van der Waals surface area contributed by atoms with Crippen LogP contribution in [0.2, 0.25) is 0 Å². The molecule has 4 aromatic heterocycles. The van der Waals surface area contributed by atoms with Crippen molar-refractivity contribution in [2.45, 2.75) is 13.0 Å². The highest BCUT2D eigenvalue weighted by atomic mass is 16.5. The molecular weight excluding hydrogens is 410 g/mol. The third-order valence-electron chi connectivity index (χ3n) is 5.61. The molecule has 0 aromatic carbocycles. The van der Waals surface area contributed by atoms with E-state index in [1.165, 1.54) is 7.11 Å². The van der Waals surface area contributed by atoms with Crippen LogP contribution in [0.15, 0.2) is 36.7 Å². The van der Waals surface area contributed by atoms with Crippen LogP contribution in [0.4, 0.5) is 5.82 Å². The summed E-state index contributed by atoms with van der Waals surface area (Å²) >= 11 is 0. The predicted octanol–water partition coefficient (Wildman–Crippen LogP) is 2.03. The minimum atomic E-state index is -0.622. The summed E-state index contributed by atoms with van der Waals surface area (Å²) in [6, 6.07) is 7.81. The van der Waals surface area contributed by atoms with Crippen LogP contribution >= 0.6 is 0 Å². The molecule has 0 saturated carbocycles. The lowest BCUT2D eigenvalue weighted by Crippen LogP contribution is -2.37. The normalized spacial score (nSPS) is 15.4. The first-order valence-electron chi connectivity index (χ1n) is 10.5. The highest BCUT2D eigenvalue weighted by molar-refractivity contribution is 5.91. The second-order valence-corrected chi connectivity index (χ2v) is 7.63. The highest BCUT2D eigenvalue weighted by Crippen LogP contribution is 2.28. The van der Waals surface area contributed by atoms with E-state index >= 15 is 0 Å². The minimum absolute atomic E-state index is 0.215. The number of aromatic amines is 1. The number of methoxy groups -OCH3 is 1. The van der Waals surface area contributed by atoms with Crippen molar-refractivity contribution < 1.29 is 14.6 Å². The zero-order chi connectivity index (χ0) is 22.1. The third kappa shape index (κ3) is 3.72. The zero-order valence-electron chi connectivity index (χ0n) is 18.0. The fraction of sp³-hybridized carbons (Fsp3) is 0.364. The summed E-state index contributed by atoms with van der Waals surface area (Å²) in [5.41, 5.74) is 4.47. The number of fused-ring (bicyclic) bond motifs is 1. The van der Waals surface area contributed by atoms with Crippen molar-refractivity contribution in [3.8, 4) is 17.1 Å². The number of aryl methyl sites for hydroxylation is 1. The molecule has 0 radical (unpaired) electrons. The number of nitrogens with one attached hydrogen (secondary N) is 1. The van der Waals surface area contributed by atoms with Gasteiger partial charge in [0.05, 0.1) is 36.5 Å². The van der Waals surface area contributed by atoms with Crippen molar-refractivity contribution in [2.75, 3.05) is 44.9 Å². The first-order chi connectivity index (χ1) is 15.7. The van der Waals surface area contributed by atoms with Gasteiger partial charge in [-0.1, -0.05) is 0 Å². The Kier molecular flexibility index (Phi) is 5.56. The van der Waals surface area contributed by atoms with E-state index in [4.69, 9.17) is 14.6 Å². The average Bonchev–Trinajstić information content (AvgIpc) is 3.44. The molecule has 32 heavy (non-hydrogen) atoms. The monoisotopic (exact) mass is 435 g/mol. The van der Waals surface area contributed by atoms with Gasteiger partial charge in [-0.15, -0.1) is 0 Å². The van der Waals surface area contributed by atoms with Gasteiger partial charge in [0.1, 0.15) is 11.9 Å². The lowest BCUT2D eigenvalue weighted by atomic mass is 10.2. The minimum Gasteiger partial charge on any atom is -0.393 e. The average molecular weight is 435 g/mol. The molecule has 1 aliphatic heterocycles. The Hall–Kier alpha value is -3.34. The van der Waals surface area contributed by atoms with E-state index in [2.05, 4.69) is 24.8 Å². The number of hydrogen-bond acceptors (Lipinski definition) is 8. The number of rotatable bonds is 6. The van der Waals surface area contributed by atoms with Crippen LogP contribution in [-0.2, 0) is 9.47 Å². The van der Waals surface area contributed by atoms with Gasteiger partial charge in [0.25, 0.3) is 0 Å². The van der Waals surface area contributed by atoms with E-state index in [1.54, 1.807) is 10.9 Å². The molecule has 0 spiro atoms. The molecule has 0 bridgehead atoms. The van der Waals surface area contributed by atoms with E-state index in [0.29, 0.717) is 24.9 Å². The van der Waals surface area contributed by atoms with Crippen LogP contribution in [0, 0.1) is 6.92 Å². The number of aliphatic hydroxyl groups excluding tert-OH is 1. The summed E-state index contributed by atoms with van der Waals surface area (Å²) in [6.07, 6.45) is 3.07. The van der Waals surface area contributed by atoms with Crippen molar-refractivity contribution in [3.63, 3.8) is 0 Å². The summed E-state index contributed by atoms with van der Waals surface area (Å²) in [7, 11) is 1.53. The number of aromatic nitrogens is 6. The van der Waals surface area contributed by atoms with Gasteiger partial charge in [0.2, 0.25) is 0 Å². The summed E-state index contributed by atoms with van der Waals surface area (Å²) < 4.78 is 12.7. The van der Waals surface area contributed by atoms with Crippen LogP contribution < -0.4 is 4.90 Å². The van der Waals surface area contributed by atoms with Gasteiger partial charge < -0.3 is 24.5 Å². The molecule has 0 aliphatic carbocycles. The fourth-order valence-corrected chi connectivity index (χ4v) is 3.90. The summed E-state index contributed by atoms with van der Waals surface area (Å²) in [5, 5.41) is 14.6. The van der Waals surface area contributed by atoms with Crippen LogP contribution in [0.3, 0.4) is 0 Å². The van der Waals surface area contributed by atoms with Gasteiger partial charge in [0, 0.05) is 49.9 Å². The molecule has 10 heteroatoms. The first kappa shape index (κ1) is 20.6. The molecule has 1 fully saturated rings. The zero-order valence-corrected chi connectivity index (χ0v) is 18.0. The number of hydrogen-bond donors (Lipinski definition) is 2. The first-order valence-corrected chi connectivity index (χ1v) is 10.5. The molecule has 1 aliphatic rings. The molecule has 4 aromatic rings. The van der Waals surface area contributed by atoms with E-state index in [-0.39, 0.29) is 6.61 Å². The quantitative estimate of drug-likeness (QED) is 0.473. The molecule has 1 atom stereocenters. The summed E-state index contributed by atoms with van der Waals surface area (Å²) in [5.74, 6) is 1.79. The fourth-order valence-electron chi connectivity index (χ4n) is 3.90. The molecule has 10 nitrogen and oxygen atoms in total. The molecule has 0 amide bonds. The molecule has 166 valence electrons. The van der Waals surface area contributed by atoms with Crippen molar-refractivity contribution in [1.82, 2.24) is 29.7 Å². The maximum Gasteiger partial charge on any atom is 0.164 e. The van der Waals surface area contributed by atoms with Gasteiger partial charge in [-0.3, -0.25) is 4.98 Å². The number of ether oxygens (including phenoxy) is 2. The Morgan fingerprint density at radius 1 is 1.22 bits per heavy atom. The smallest absolute Gasteiger partial charge is 0.164 e. The van der Waals surface area contributed by atoms with E-state index in [0.717, 1.165) is 46.9 Å². The maximum atomic E-state index is 9.76. The number of pyridine rings is 1. The largest absolute Gasteiger partial charge is 0.393 e. The second kappa shape index (κ2) is 8.65. The molecule has 0 unspecified atom stereocenters. The van der Waals surface area contributed by atoms with Gasteiger partial charge in [-0.2, -0.15) is 5.10 Å². The SMILES string of the molecule is CO[C@H](CO)c1nc(N2CCOCC2)cc(-n2nc(-c3c[nH]c4cccnc34)cc2C)n1. The maximum absolute atomic E-state index is 9.76. The lowest BCUT2D eigenvalue weighted by molar-refractivity contribution is 0.0422. The summed E-state index contributed by atoms with van der Waals surface area (Å²) in [6.45, 7) is 4.51. The molecule has 5 rings (SSSR count). The van der Waals surface area contributed by atoms with Gasteiger partial charge in [-0.25, -0.2) is 14.6 Å². The van der Waals surface area contributed by atoms with E-state index < -0.39 is 6.10 Å². The van der Waals surface area contributed by atoms with Crippen molar-refractivity contribution >= 4 is 16.9 Å². The van der Waals surface area contributed by atoms with Crippen molar-refractivity contribution in [2.24, 2.45) is 0 Å². The Balaban J connectivity index is 1.60. The van der Waals surface area contributed by atoms with E-state index in [9.17, 15) is 5.11 Å². The van der Waals surface area contributed by atoms with Crippen LogP contribution in [0.1, 0.15) is 17.6 Å². The standard InChI is InChI=1S/C22H25N7O3/c1-14-10-17(15-12-24-16-4-3-5-23-21(15)16)27-29(14)20-11-19(28-6-8-32-9-7-28)25-22(26-20)18(13-30)31-2/h3-5,10-12,18,24,30H,6-9,13H2,1-2H3/t18-/m1/s1. The predicted molar refractivity (Wildman–Crippen MR) is 119 cm³/mol. The van der Waals surface area contributed by atoms with Crippen molar-refractivity contribution in [3.05, 3.63) is 48.2 Å². The third-order valence-corrected chi connectivity index (χ3v) is 5.61. The van der Waals surface area contributed by atoms with Gasteiger partial charge >= 0.3 is 0 Å². The molecule has 5 heterocycles. The van der Waals surface area contributed by atoms with Crippen molar-refractivity contribution in [1.29, 1.82) is 0 Å². The Morgan fingerprint density at radius 3 is 2.81 bits per heavy atom. The highest BCUT2D eigenvalue weighted by Gasteiger charge is 2.21. The Bertz CT molecular complexity index is 1230. The number of nitrogens with zero attached hydrogens (tertiary/aromatic N) is 6. The number of aliphatic hydroxyl groups is 1. The Labute approximate surface area is 184 Å².